The lowest BCUT2D eigenvalue weighted by atomic mass is 10.2. The fourth-order valence-electron chi connectivity index (χ4n) is 2.02. The quantitative estimate of drug-likeness (QED) is 0.753. The van der Waals surface area contributed by atoms with Crippen LogP contribution in [0.5, 0.6) is 0 Å². The molecular formula is C17H19FN2O3S. The van der Waals surface area contributed by atoms with Crippen molar-refractivity contribution in [2.24, 2.45) is 0 Å². The van der Waals surface area contributed by atoms with Gasteiger partial charge in [-0.25, -0.2) is 12.8 Å². The molecule has 7 heteroatoms. The smallest absolute Gasteiger partial charge is 0.261 e. The summed E-state index contributed by atoms with van der Waals surface area (Å²) in [5.74, 6) is -0.772. The lowest BCUT2D eigenvalue weighted by Crippen LogP contribution is -2.24. The monoisotopic (exact) mass is 350 g/mol. The highest BCUT2D eigenvalue weighted by Crippen LogP contribution is 2.17. The van der Waals surface area contributed by atoms with E-state index in [1.807, 2.05) is 6.92 Å². The van der Waals surface area contributed by atoms with Crippen molar-refractivity contribution in [2.75, 3.05) is 11.3 Å². The summed E-state index contributed by atoms with van der Waals surface area (Å²) in [5.41, 5.74) is 0.516. The number of amides is 1. The first-order valence-electron chi connectivity index (χ1n) is 7.59. The van der Waals surface area contributed by atoms with Crippen LogP contribution < -0.4 is 10.0 Å². The molecule has 0 saturated heterocycles. The Kier molecular flexibility index (Phi) is 5.92. The Morgan fingerprint density at radius 2 is 1.83 bits per heavy atom. The van der Waals surface area contributed by atoms with Crippen LogP contribution >= 0.6 is 0 Å². The van der Waals surface area contributed by atoms with Gasteiger partial charge in [0, 0.05) is 17.8 Å². The maximum atomic E-state index is 12.9. The Labute approximate surface area is 141 Å². The van der Waals surface area contributed by atoms with E-state index in [0.29, 0.717) is 6.54 Å². The standard InChI is InChI=1S/C17H19FN2O3S/c1-2-3-11-19-17(21)13-5-4-6-16(12-13)24(22,23)20-15-9-7-14(18)8-10-15/h4-10,12,20H,2-3,11H2,1H3,(H,19,21). The number of benzene rings is 2. The minimum atomic E-state index is -3.86. The highest BCUT2D eigenvalue weighted by molar-refractivity contribution is 7.92. The van der Waals surface area contributed by atoms with Crippen LogP contribution in [0.1, 0.15) is 30.1 Å². The molecule has 2 aromatic rings. The zero-order valence-electron chi connectivity index (χ0n) is 13.3. The van der Waals surface area contributed by atoms with E-state index in [9.17, 15) is 17.6 Å². The van der Waals surface area contributed by atoms with Crippen LogP contribution in [0.3, 0.4) is 0 Å². The lowest BCUT2D eigenvalue weighted by Gasteiger charge is -2.10. The molecular weight excluding hydrogens is 331 g/mol. The molecule has 5 nitrogen and oxygen atoms in total. The van der Waals surface area contributed by atoms with Gasteiger partial charge in [0.1, 0.15) is 5.82 Å². The van der Waals surface area contributed by atoms with Crippen molar-refractivity contribution in [1.29, 1.82) is 0 Å². The molecule has 2 rings (SSSR count). The third-order valence-corrected chi connectivity index (χ3v) is 4.70. The van der Waals surface area contributed by atoms with Gasteiger partial charge >= 0.3 is 0 Å². The van der Waals surface area contributed by atoms with E-state index < -0.39 is 15.8 Å². The van der Waals surface area contributed by atoms with Gasteiger partial charge in [-0.05, 0) is 48.9 Å². The average Bonchev–Trinajstić information content (AvgIpc) is 2.57. The van der Waals surface area contributed by atoms with E-state index in [1.165, 1.54) is 30.3 Å². The Morgan fingerprint density at radius 1 is 1.12 bits per heavy atom. The minimum Gasteiger partial charge on any atom is -0.352 e. The molecule has 0 aliphatic heterocycles. The van der Waals surface area contributed by atoms with Crippen LogP contribution in [-0.2, 0) is 10.0 Å². The normalized spacial score (nSPS) is 11.1. The number of anilines is 1. The fraction of sp³-hybridized carbons (Fsp3) is 0.235. The van der Waals surface area contributed by atoms with Crippen LogP contribution in [0.2, 0.25) is 0 Å². The van der Waals surface area contributed by atoms with Crippen molar-refractivity contribution in [3.05, 3.63) is 59.9 Å². The lowest BCUT2D eigenvalue weighted by molar-refractivity contribution is 0.0953. The number of sulfonamides is 1. The Hall–Kier alpha value is -2.41. The number of nitrogens with one attached hydrogen (secondary N) is 2. The van der Waals surface area contributed by atoms with E-state index in [1.54, 1.807) is 6.07 Å². The van der Waals surface area contributed by atoms with Crippen molar-refractivity contribution < 1.29 is 17.6 Å². The van der Waals surface area contributed by atoms with Crippen LogP contribution in [0.25, 0.3) is 0 Å². The largest absolute Gasteiger partial charge is 0.352 e. The molecule has 0 unspecified atom stereocenters. The molecule has 128 valence electrons. The molecule has 0 aliphatic rings. The number of unbranched alkanes of at least 4 members (excludes halogenated alkanes) is 1. The second-order valence-electron chi connectivity index (χ2n) is 5.25. The average molecular weight is 350 g/mol. The van der Waals surface area contributed by atoms with E-state index >= 15 is 0 Å². The van der Waals surface area contributed by atoms with Crippen LogP contribution in [0.4, 0.5) is 10.1 Å². The molecule has 2 aromatic carbocycles. The summed E-state index contributed by atoms with van der Waals surface area (Å²) in [5, 5.41) is 2.74. The predicted molar refractivity (Wildman–Crippen MR) is 90.9 cm³/mol. The first-order valence-corrected chi connectivity index (χ1v) is 9.07. The number of hydrogen-bond acceptors (Lipinski definition) is 3. The van der Waals surface area contributed by atoms with E-state index in [-0.39, 0.29) is 22.1 Å². The van der Waals surface area contributed by atoms with Gasteiger partial charge in [-0.2, -0.15) is 0 Å². The van der Waals surface area contributed by atoms with E-state index in [2.05, 4.69) is 10.0 Å². The number of carbonyl (C=O) groups excluding carboxylic acids is 1. The second-order valence-corrected chi connectivity index (χ2v) is 6.93. The first kappa shape index (κ1) is 17.9. The van der Waals surface area contributed by atoms with E-state index in [0.717, 1.165) is 25.0 Å². The summed E-state index contributed by atoms with van der Waals surface area (Å²) < 4.78 is 40.0. The van der Waals surface area contributed by atoms with E-state index in [4.69, 9.17) is 0 Å². The highest BCUT2D eigenvalue weighted by Gasteiger charge is 2.16. The molecule has 1 amide bonds. The van der Waals surface area contributed by atoms with Gasteiger partial charge in [-0.3, -0.25) is 9.52 Å². The maximum absolute atomic E-state index is 12.9. The zero-order valence-corrected chi connectivity index (χ0v) is 14.1. The van der Waals surface area contributed by atoms with Gasteiger partial charge in [-0.1, -0.05) is 19.4 Å². The zero-order chi connectivity index (χ0) is 17.6. The summed E-state index contributed by atoms with van der Waals surface area (Å²) in [7, 11) is -3.86. The molecule has 0 radical (unpaired) electrons. The van der Waals surface area contributed by atoms with Gasteiger partial charge in [0.15, 0.2) is 0 Å². The summed E-state index contributed by atoms with van der Waals surface area (Å²) in [6, 6.07) is 10.8. The third-order valence-electron chi connectivity index (χ3n) is 3.32. The molecule has 0 aromatic heterocycles. The molecule has 0 aliphatic carbocycles. The van der Waals surface area contributed by atoms with Gasteiger partial charge in [0.25, 0.3) is 15.9 Å². The number of rotatable bonds is 7. The molecule has 0 atom stereocenters. The van der Waals surface area contributed by atoms with Gasteiger partial charge < -0.3 is 5.32 Å². The fourth-order valence-corrected chi connectivity index (χ4v) is 3.12. The summed E-state index contributed by atoms with van der Waals surface area (Å²) >= 11 is 0. The van der Waals surface area contributed by atoms with Crippen LogP contribution in [0, 0.1) is 5.82 Å². The number of halogens is 1. The SMILES string of the molecule is CCCCNC(=O)c1cccc(S(=O)(=O)Nc2ccc(F)cc2)c1. The minimum absolute atomic E-state index is 0.0324. The molecule has 0 bridgehead atoms. The van der Waals surface area contributed by atoms with Gasteiger partial charge in [-0.15, -0.1) is 0 Å². The highest BCUT2D eigenvalue weighted by atomic mass is 32.2. The Morgan fingerprint density at radius 3 is 2.50 bits per heavy atom. The van der Waals surface area contributed by atoms with Crippen LogP contribution in [-0.4, -0.2) is 20.9 Å². The Balaban J connectivity index is 2.17. The van der Waals surface area contributed by atoms with Gasteiger partial charge in [0.05, 0.1) is 4.90 Å². The summed E-state index contributed by atoms with van der Waals surface area (Å²) in [4.78, 5) is 12.0. The van der Waals surface area contributed by atoms with Crippen LogP contribution in [0.15, 0.2) is 53.4 Å². The number of hydrogen-bond donors (Lipinski definition) is 2. The molecule has 0 spiro atoms. The number of carbonyl (C=O) groups is 1. The van der Waals surface area contributed by atoms with Crippen molar-refractivity contribution in [1.82, 2.24) is 5.32 Å². The van der Waals surface area contributed by atoms with Gasteiger partial charge in [0.2, 0.25) is 0 Å². The molecule has 0 saturated carbocycles. The molecule has 0 heterocycles. The van der Waals surface area contributed by atoms with Crippen molar-refractivity contribution in [3.8, 4) is 0 Å². The topological polar surface area (TPSA) is 75.3 Å². The summed E-state index contributed by atoms with van der Waals surface area (Å²) in [6.45, 7) is 2.56. The second kappa shape index (κ2) is 7.92. The first-order chi connectivity index (χ1) is 11.4. The molecule has 24 heavy (non-hydrogen) atoms. The third kappa shape index (κ3) is 4.79. The molecule has 0 fully saturated rings. The maximum Gasteiger partial charge on any atom is 0.261 e. The summed E-state index contributed by atoms with van der Waals surface area (Å²) in [6.07, 6.45) is 1.81. The van der Waals surface area contributed by atoms with Crippen molar-refractivity contribution >= 4 is 21.6 Å². The molecule has 2 N–H and O–H groups in total. The Bertz CT molecular complexity index is 805. The predicted octanol–water partition coefficient (Wildman–Crippen LogP) is 3.16. The van der Waals surface area contributed by atoms with Crippen molar-refractivity contribution in [3.63, 3.8) is 0 Å². The van der Waals surface area contributed by atoms with Crippen molar-refractivity contribution in [2.45, 2.75) is 24.7 Å².